The standard InChI is InChI=1S/C20H23FO10/c1-5-12(24)28-11-8(22)18-10-6(21)7(16(2,3)4)17(18)9(23)13(25)30-15(17)31-20(18,14(26)29-10)19(5,11)27/h5-11,15,22-23,27H,1-4H3/t5?,6?,7?,8?,9-,10?,11-,15?,17?,18?,19+,20-/m0/s1. The summed E-state index contributed by atoms with van der Waals surface area (Å²) in [5, 5.41) is 34.5. The number of aliphatic hydroxyl groups excluding tert-OH is 2. The average molecular weight is 442 g/mol. The maximum Gasteiger partial charge on any atom is 0.343 e. The van der Waals surface area contributed by atoms with Crippen molar-refractivity contribution in [1.82, 2.24) is 0 Å². The first-order valence-electron chi connectivity index (χ1n) is 10.3. The van der Waals surface area contributed by atoms with Gasteiger partial charge in [0.2, 0.25) is 11.9 Å². The summed E-state index contributed by atoms with van der Waals surface area (Å²) in [7, 11) is 0. The van der Waals surface area contributed by atoms with Crippen molar-refractivity contribution in [2.24, 2.45) is 28.1 Å². The third kappa shape index (κ3) is 1.43. The van der Waals surface area contributed by atoms with E-state index in [1.807, 2.05) is 0 Å². The van der Waals surface area contributed by atoms with Crippen molar-refractivity contribution >= 4 is 17.9 Å². The number of hydrogen-bond acceptors (Lipinski definition) is 10. The Kier molecular flexibility index (Phi) is 3.14. The normalized spacial score (nSPS) is 61.0. The zero-order chi connectivity index (χ0) is 22.7. The molecule has 2 aliphatic carbocycles. The summed E-state index contributed by atoms with van der Waals surface area (Å²) >= 11 is 0. The summed E-state index contributed by atoms with van der Waals surface area (Å²) in [6.07, 6.45) is -10.7. The van der Waals surface area contributed by atoms with Crippen LogP contribution in [-0.4, -0.2) is 81.3 Å². The quantitative estimate of drug-likeness (QED) is 0.301. The van der Waals surface area contributed by atoms with Crippen LogP contribution in [0.25, 0.3) is 0 Å². The van der Waals surface area contributed by atoms with Crippen molar-refractivity contribution in [3.8, 4) is 0 Å². The molecule has 0 radical (unpaired) electrons. The first-order valence-corrected chi connectivity index (χ1v) is 10.3. The summed E-state index contributed by atoms with van der Waals surface area (Å²) in [6.45, 7) is 6.36. The third-order valence-corrected chi connectivity index (χ3v) is 8.91. The number of alkyl halides is 1. The number of aliphatic hydroxyl groups is 3. The Morgan fingerprint density at radius 1 is 1.00 bits per heavy atom. The molecule has 0 amide bonds. The molecule has 6 aliphatic rings. The first kappa shape index (κ1) is 19.8. The van der Waals surface area contributed by atoms with Crippen LogP contribution in [0.1, 0.15) is 27.7 Å². The minimum Gasteiger partial charge on any atom is -0.456 e. The molecule has 0 bridgehead atoms. The van der Waals surface area contributed by atoms with Gasteiger partial charge in [-0.05, 0) is 12.3 Å². The van der Waals surface area contributed by atoms with E-state index in [4.69, 9.17) is 18.9 Å². The van der Waals surface area contributed by atoms with Gasteiger partial charge in [-0.15, -0.1) is 0 Å². The van der Waals surface area contributed by atoms with E-state index in [9.17, 15) is 29.7 Å². The van der Waals surface area contributed by atoms with Gasteiger partial charge in [0.25, 0.3) is 0 Å². The van der Waals surface area contributed by atoms with E-state index in [1.165, 1.54) is 6.92 Å². The predicted octanol–water partition coefficient (Wildman–Crippen LogP) is -1.42. The lowest BCUT2D eigenvalue weighted by Gasteiger charge is -2.47. The molecule has 170 valence electrons. The number of carbonyl (C=O) groups is 3. The van der Waals surface area contributed by atoms with Gasteiger partial charge >= 0.3 is 17.9 Å². The monoisotopic (exact) mass is 442 g/mol. The van der Waals surface area contributed by atoms with Gasteiger partial charge in [0.05, 0.1) is 16.7 Å². The molecule has 4 saturated heterocycles. The van der Waals surface area contributed by atoms with E-state index in [0.29, 0.717) is 0 Å². The van der Waals surface area contributed by atoms with Gasteiger partial charge in [0.1, 0.15) is 18.4 Å². The van der Waals surface area contributed by atoms with Gasteiger partial charge in [0, 0.05) is 5.92 Å². The topological polar surface area (TPSA) is 149 Å². The lowest BCUT2D eigenvalue weighted by atomic mass is 9.51. The van der Waals surface area contributed by atoms with Crippen LogP contribution >= 0.6 is 0 Å². The number of halogens is 1. The molecule has 11 heteroatoms. The van der Waals surface area contributed by atoms with E-state index in [0.717, 1.165) is 0 Å². The fourth-order valence-electron chi connectivity index (χ4n) is 8.19. The number of esters is 3. The molecule has 0 aromatic heterocycles. The molecule has 4 heterocycles. The fraction of sp³-hybridized carbons (Fsp3) is 0.850. The van der Waals surface area contributed by atoms with Crippen molar-refractivity contribution in [2.75, 3.05) is 0 Å². The van der Waals surface area contributed by atoms with Gasteiger partial charge in [-0.2, -0.15) is 0 Å². The van der Waals surface area contributed by atoms with Crippen LogP contribution < -0.4 is 0 Å². The highest BCUT2D eigenvalue weighted by Gasteiger charge is 3.05. The minimum absolute atomic E-state index is 0.874. The summed E-state index contributed by atoms with van der Waals surface area (Å²) < 4.78 is 38.1. The number of rotatable bonds is 0. The Morgan fingerprint density at radius 3 is 2.26 bits per heavy atom. The highest BCUT2D eigenvalue weighted by Crippen LogP contribution is 2.84. The molecule has 3 N–H and O–H groups in total. The van der Waals surface area contributed by atoms with E-state index in [1.54, 1.807) is 20.8 Å². The Hall–Kier alpha value is -1.82. The molecule has 2 saturated carbocycles. The molecule has 8 unspecified atom stereocenters. The van der Waals surface area contributed by atoms with Crippen molar-refractivity contribution in [3.05, 3.63) is 0 Å². The van der Waals surface area contributed by atoms with Gasteiger partial charge in [-0.1, -0.05) is 20.8 Å². The zero-order valence-electron chi connectivity index (χ0n) is 17.2. The average Bonchev–Trinajstić information content (AvgIpc) is 3.35. The summed E-state index contributed by atoms with van der Waals surface area (Å²) in [6, 6.07) is 0. The number of carbonyl (C=O) groups excluding carboxylic acids is 3. The van der Waals surface area contributed by atoms with Crippen LogP contribution in [0.15, 0.2) is 0 Å². The molecule has 10 nitrogen and oxygen atoms in total. The Labute approximate surface area is 175 Å². The lowest BCUT2D eigenvalue weighted by Crippen LogP contribution is -2.67. The molecule has 4 aliphatic heterocycles. The van der Waals surface area contributed by atoms with Crippen LogP contribution in [0.2, 0.25) is 0 Å². The zero-order valence-corrected chi connectivity index (χ0v) is 17.2. The number of hydrogen-bond donors (Lipinski definition) is 3. The molecule has 6 fully saturated rings. The second kappa shape index (κ2) is 4.90. The van der Waals surface area contributed by atoms with E-state index < -0.39 is 94.1 Å². The second-order valence-corrected chi connectivity index (χ2v) is 10.7. The second-order valence-electron chi connectivity index (χ2n) is 10.7. The van der Waals surface area contributed by atoms with Crippen molar-refractivity contribution in [3.63, 3.8) is 0 Å². The van der Waals surface area contributed by atoms with E-state index >= 15 is 4.39 Å². The summed E-state index contributed by atoms with van der Waals surface area (Å²) in [5.41, 5.74) is -9.91. The molecular formula is C20H23FO10. The van der Waals surface area contributed by atoms with Crippen molar-refractivity contribution in [1.29, 1.82) is 0 Å². The fourth-order valence-corrected chi connectivity index (χ4v) is 8.19. The Morgan fingerprint density at radius 2 is 1.65 bits per heavy atom. The molecule has 31 heavy (non-hydrogen) atoms. The third-order valence-electron chi connectivity index (χ3n) is 8.91. The van der Waals surface area contributed by atoms with Crippen LogP contribution in [0.4, 0.5) is 4.39 Å². The molecule has 0 aromatic carbocycles. The highest BCUT2D eigenvalue weighted by atomic mass is 19.1. The van der Waals surface area contributed by atoms with Gasteiger partial charge < -0.3 is 34.3 Å². The number of ether oxygens (including phenoxy) is 4. The van der Waals surface area contributed by atoms with Crippen LogP contribution in [0.5, 0.6) is 0 Å². The molecule has 2 spiro atoms. The maximum atomic E-state index is 16.2. The van der Waals surface area contributed by atoms with Crippen molar-refractivity contribution in [2.45, 2.75) is 75.8 Å². The van der Waals surface area contributed by atoms with Crippen LogP contribution in [0.3, 0.4) is 0 Å². The summed E-state index contributed by atoms with van der Waals surface area (Å²) in [4.78, 5) is 38.2. The van der Waals surface area contributed by atoms with Crippen molar-refractivity contribution < 1.29 is 53.0 Å². The van der Waals surface area contributed by atoms with E-state index in [2.05, 4.69) is 0 Å². The van der Waals surface area contributed by atoms with Crippen LogP contribution in [-0.2, 0) is 33.3 Å². The van der Waals surface area contributed by atoms with Gasteiger partial charge in [0.15, 0.2) is 17.8 Å². The Bertz CT molecular complexity index is 962. The maximum absolute atomic E-state index is 16.2. The van der Waals surface area contributed by atoms with E-state index in [-0.39, 0.29) is 0 Å². The highest BCUT2D eigenvalue weighted by molar-refractivity contribution is 5.94. The largest absolute Gasteiger partial charge is 0.456 e. The Balaban J connectivity index is 1.75. The SMILES string of the molecule is CC1C(=O)O[C@H]2C(O)C34C5OC(=O)[C@@]3(OC3OC(=O)[C@H](O)C34C(C(C)(C)C)C5F)[C@@]12O. The lowest BCUT2D eigenvalue weighted by molar-refractivity contribution is -0.240. The summed E-state index contributed by atoms with van der Waals surface area (Å²) in [5.74, 6) is -5.65. The minimum atomic E-state index is -2.48. The molecular weight excluding hydrogens is 419 g/mol. The molecule has 0 aromatic rings. The van der Waals surface area contributed by atoms with Crippen LogP contribution in [0, 0.1) is 28.1 Å². The number of fused-ring (bicyclic) bond motifs is 1. The smallest absolute Gasteiger partial charge is 0.343 e. The molecule has 12 atom stereocenters. The van der Waals surface area contributed by atoms with Gasteiger partial charge in [-0.3, -0.25) is 4.79 Å². The molecule has 6 rings (SSSR count). The predicted molar refractivity (Wildman–Crippen MR) is 92.3 cm³/mol. The first-order chi connectivity index (χ1) is 14.3. The van der Waals surface area contributed by atoms with Gasteiger partial charge in [-0.25, -0.2) is 14.0 Å².